The normalized spacial score (nSPS) is 14.4. The van der Waals surface area contributed by atoms with E-state index in [2.05, 4.69) is 24.4 Å². The summed E-state index contributed by atoms with van der Waals surface area (Å²) in [7, 11) is 0. The topological polar surface area (TPSA) is 55.1 Å². The van der Waals surface area contributed by atoms with Crippen molar-refractivity contribution in [3.8, 4) is 0 Å². The zero-order chi connectivity index (χ0) is 13.7. The molecule has 0 unspecified atom stereocenters. The minimum absolute atomic E-state index is 0.142. The van der Waals surface area contributed by atoms with Crippen LogP contribution < -0.4 is 11.1 Å². The van der Waals surface area contributed by atoms with Crippen LogP contribution in [0.2, 0.25) is 0 Å². The van der Waals surface area contributed by atoms with Crippen LogP contribution in [0, 0.1) is 0 Å². The van der Waals surface area contributed by atoms with Crippen LogP contribution >= 0.6 is 0 Å². The van der Waals surface area contributed by atoms with Crippen LogP contribution in [0.15, 0.2) is 59.8 Å². The van der Waals surface area contributed by atoms with Gasteiger partial charge < -0.3 is 11.1 Å². The van der Waals surface area contributed by atoms with Gasteiger partial charge in [0.25, 0.3) is 5.91 Å². The average Bonchev–Trinajstić information content (AvgIpc) is 2.64. The number of rotatable bonds is 3. The highest BCUT2D eigenvalue weighted by Crippen LogP contribution is 2.13. The van der Waals surface area contributed by atoms with Gasteiger partial charge in [0.1, 0.15) is 0 Å². The summed E-state index contributed by atoms with van der Waals surface area (Å²) in [5.41, 5.74) is 8.98. The molecule has 0 bridgehead atoms. The van der Waals surface area contributed by atoms with Gasteiger partial charge in [0, 0.05) is 16.9 Å². The van der Waals surface area contributed by atoms with E-state index in [1.54, 1.807) is 24.3 Å². The number of hydrogen-bond donors (Lipinski definition) is 2. The second-order valence-corrected chi connectivity index (χ2v) is 4.49. The van der Waals surface area contributed by atoms with Crippen LogP contribution in [0.25, 0.3) is 0 Å². The summed E-state index contributed by atoms with van der Waals surface area (Å²) in [6.07, 6.45) is 9.96. The molecule has 3 heteroatoms. The molecule has 0 aliphatic heterocycles. The minimum Gasteiger partial charge on any atom is -0.399 e. The fourth-order valence-electron chi connectivity index (χ4n) is 1.90. The van der Waals surface area contributed by atoms with E-state index >= 15 is 0 Å². The van der Waals surface area contributed by atoms with Crippen molar-refractivity contribution in [2.45, 2.75) is 19.8 Å². The van der Waals surface area contributed by atoms with Crippen LogP contribution in [0.5, 0.6) is 0 Å². The van der Waals surface area contributed by atoms with Crippen molar-refractivity contribution in [1.82, 2.24) is 5.32 Å². The lowest BCUT2D eigenvalue weighted by Gasteiger charge is -2.05. The lowest BCUT2D eigenvalue weighted by atomic mass is 10.1. The number of anilines is 1. The van der Waals surface area contributed by atoms with E-state index in [0.29, 0.717) is 11.3 Å². The maximum Gasteiger partial charge on any atom is 0.255 e. The van der Waals surface area contributed by atoms with Crippen molar-refractivity contribution in [3.05, 3.63) is 65.4 Å². The Morgan fingerprint density at radius 2 is 2.21 bits per heavy atom. The van der Waals surface area contributed by atoms with E-state index in [9.17, 15) is 4.79 Å². The monoisotopic (exact) mass is 254 g/mol. The number of carbonyl (C=O) groups is 1. The molecule has 0 saturated carbocycles. The molecule has 3 nitrogen and oxygen atoms in total. The van der Waals surface area contributed by atoms with Crippen LogP contribution in [-0.2, 0) is 0 Å². The maximum atomic E-state index is 12.1. The van der Waals surface area contributed by atoms with E-state index in [4.69, 9.17) is 5.73 Å². The molecule has 19 heavy (non-hydrogen) atoms. The zero-order valence-electron chi connectivity index (χ0n) is 11.0. The Morgan fingerprint density at radius 1 is 1.37 bits per heavy atom. The molecule has 2 rings (SSSR count). The number of allylic oxidation sites excluding steroid dienone is 5. The molecule has 0 heterocycles. The Hall–Kier alpha value is -2.29. The lowest BCUT2D eigenvalue weighted by Crippen LogP contribution is -2.21. The van der Waals surface area contributed by atoms with Crippen LogP contribution in [0.4, 0.5) is 5.69 Å². The predicted octanol–water partition coefficient (Wildman–Crippen LogP) is 3.18. The first kappa shape index (κ1) is 13.1. The summed E-state index contributed by atoms with van der Waals surface area (Å²) in [6.45, 7) is 2.13. The van der Waals surface area contributed by atoms with Gasteiger partial charge in [-0.05, 0) is 43.2 Å². The molecular formula is C16H18N2O. The quantitative estimate of drug-likeness (QED) is 0.814. The Kier molecular flexibility index (Phi) is 4.18. The van der Waals surface area contributed by atoms with Gasteiger partial charge in [0.05, 0.1) is 0 Å². The fraction of sp³-hybridized carbons (Fsp3) is 0.188. The van der Waals surface area contributed by atoms with E-state index in [1.165, 1.54) is 5.57 Å². The van der Waals surface area contributed by atoms with Crippen molar-refractivity contribution < 1.29 is 4.79 Å². The highest BCUT2D eigenvalue weighted by atomic mass is 16.1. The van der Waals surface area contributed by atoms with Crippen LogP contribution in [0.1, 0.15) is 30.1 Å². The van der Waals surface area contributed by atoms with Gasteiger partial charge in [-0.15, -0.1) is 0 Å². The third kappa shape index (κ3) is 3.58. The molecule has 1 aromatic carbocycles. The zero-order valence-corrected chi connectivity index (χ0v) is 11.0. The first-order valence-corrected chi connectivity index (χ1v) is 6.42. The Bertz CT molecular complexity index is 568. The molecule has 1 aliphatic rings. The summed E-state index contributed by atoms with van der Waals surface area (Å²) in [6, 6.07) is 6.96. The number of nitrogens with two attached hydrogens (primary N) is 1. The van der Waals surface area contributed by atoms with Crippen molar-refractivity contribution in [2.24, 2.45) is 0 Å². The molecule has 0 radical (unpaired) electrons. The highest BCUT2D eigenvalue weighted by molar-refractivity contribution is 5.96. The minimum atomic E-state index is -0.142. The van der Waals surface area contributed by atoms with Crippen LogP contribution in [0.3, 0.4) is 0 Å². The summed E-state index contributed by atoms with van der Waals surface area (Å²) >= 11 is 0. The first-order valence-electron chi connectivity index (χ1n) is 6.42. The Balaban J connectivity index is 2.11. The summed E-state index contributed by atoms with van der Waals surface area (Å²) in [5.74, 6) is -0.142. The average molecular weight is 254 g/mol. The molecule has 1 aromatic rings. The number of hydrogen-bond acceptors (Lipinski definition) is 2. The van der Waals surface area contributed by atoms with E-state index < -0.39 is 0 Å². The smallest absolute Gasteiger partial charge is 0.255 e. The molecular weight excluding hydrogens is 236 g/mol. The second-order valence-electron chi connectivity index (χ2n) is 4.49. The molecule has 98 valence electrons. The second kappa shape index (κ2) is 6.05. The summed E-state index contributed by atoms with van der Waals surface area (Å²) < 4.78 is 0. The molecule has 1 aliphatic carbocycles. The van der Waals surface area contributed by atoms with Crippen molar-refractivity contribution in [2.75, 3.05) is 5.73 Å². The predicted molar refractivity (Wildman–Crippen MR) is 78.5 cm³/mol. The SMILES string of the molecule is CCC1=CC=C(NC(=O)c2cccc(N)c2)C=CC1. The molecule has 0 aromatic heterocycles. The standard InChI is InChI=1S/C16H18N2O/c1-2-12-5-3-8-15(10-9-12)18-16(19)13-6-4-7-14(17)11-13/h3-4,6-11H,2,5,17H2,1H3,(H,18,19). The maximum absolute atomic E-state index is 12.1. The summed E-state index contributed by atoms with van der Waals surface area (Å²) in [4.78, 5) is 12.1. The number of nitrogen functional groups attached to an aromatic ring is 1. The third-order valence-electron chi connectivity index (χ3n) is 3.04. The van der Waals surface area contributed by atoms with Crippen molar-refractivity contribution in [3.63, 3.8) is 0 Å². The van der Waals surface area contributed by atoms with Gasteiger partial charge in [-0.2, -0.15) is 0 Å². The van der Waals surface area contributed by atoms with Gasteiger partial charge in [0.2, 0.25) is 0 Å². The largest absolute Gasteiger partial charge is 0.399 e. The highest BCUT2D eigenvalue weighted by Gasteiger charge is 2.07. The number of benzene rings is 1. The lowest BCUT2D eigenvalue weighted by molar-refractivity contribution is 0.0967. The van der Waals surface area contributed by atoms with Gasteiger partial charge >= 0.3 is 0 Å². The molecule has 3 N–H and O–H groups in total. The van der Waals surface area contributed by atoms with Crippen molar-refractivity contribution in [1.29, 1.82) is 0 Å². The summed E-state index contributed by atoms with van der Waals surface area (Å²) in [5, 5.41) is 2.88. The number of amides is 1. The van der Waals surface area contributed by atoms with Gasteiger partial charge in [-0.25, -0.2) is 0 Å². The number of carbonyl (C=O) groups excluding carboxylic acids is 1. The van der Waals surface area contributed by atoms with E-state index in [1.807, 2.05) is 12.2 Å². The third-order valence-corrected chi connectivity index (χ3v) is 3.04. The Morgan fingerprint density at radius 3 is 2.95 bits per heavy atom. The van der Waals surface area contributed by atoms with E-state index in [0.717, 1.165) is 18.5 Å². The van der Waals surface area contributed by atoms with E-state index in [-0.39, 0.29) is 5.91 Å². The van der Waals surface area contributed by atoms with Gasteiger partial charge in [-0.3, -0.25) is 4.79 Å². The first-order chi connectivity index (χ1) is 9.19. The van der Waals surface area contributed by atoms with Gasteiger partial charge in [-0.1, -0.05) is 30.7 Å². The number of nitrogens with one attached hydrogen (secondary N) is 1. The molecule has 0 saturated heterocycles. The van der Waals surface area contributed by atoms with Crippen LogP contribution in [-0.4, -0.2) is 5.91 Å². The molecule has 0 fully saturated rings. The van der Waals surface area contributed by atoms with Gasteiger partial charge in [0.15, 0.2) is 0 Å². The fourth-order valence-corrected chi connectivity index (χ4v) is 1.90. The van der Waals surface area contributed by atoms with Crippen molar-refractivity contribution >= 4 is 11.6 Å². The molecule has 1 amide bonds. The molecule has 0 atom stereocenters. The molecule has 0 spiro atoms. The Labute approximate surface area is 113 Å².